The number of carbonyl (C=O) groups excluding carboxylic acids is 2. The number of pyridine rings is 1. The predicted octanol–water partition coefficient (Wildman–Crippen LogP) is 4.77. The van der Waals surface area contributed by atoms with Crippen molar-refractivity contribution in [1.29, 1.82) is 5.26 Å². The lowest BCUT2D eigenvalue weighted by Gasteiger charge is -2.38. The van der Waals surface area contributed by atoms with Gasteiger partial charge in [0.2, 0.25) is 11.8 Å². The van der Waals surface area contributed by atoms with Gasteiger partial charge < -0.3 is 10.2 Å². The largest absolute Gasteiger partial charge is 0.366 e. The van der Waals surface area contributed by atoms with E-state index in [1.807, 2.05) is 12.3 Å². The van der Waals surface area contributed by atoms with Gasteiger partial charge in [-0.1, -0.05) is 12.8 Å². The third-order valence-corrected chi connectivity index (χ3v) is 11.0. The highest BCUT2D eigenvalue weighted by molar-refractivity contribution is 7.19. The van der Waals surface area contributed by atoms with Gasteiger partial charge in [0, 0.05) is 52.6 Å². The van der Waals surface area contributed by atoms with Crippen molar-refractivity contribution in [2.24, 2.45) is 11.8 Å². The number of thiophene rings is 1. The van der Waals surface area contributed by atoms with Gasteiger partial charge in [0.25, 0.3) is 0 Å². The molecule has 0 bridgehead atoms. The van der Waals surface area contributed by atoms with E-state index in [2.05, 4.69) is 39.5 Å². The summed E-state index contributed by atoms with van der Waals surface area (Å²) in [6, 6.07) is 11.1. The Balaban J connectivity index is 1.20. The molecule has 3 atom stereocenters. The van der Waals surface area contributed by atoms with Gasteiger partial charge in [-0.2, -0.15) is 5.26 Å². The minimum Gasteiger partial charge on any atom is -0.366 e. The van der Waals surface area contributed by atoms with Gasteiger partial charge in [0.15, 0.2) is 0 Å². The van der Waals surface area contributed by atoms with Crippen LogP contribution in [-0.4, -0.2) is 46.4 Å². The first-order chi connectivity index (χ1) is 19.0. The number of imide groups is 1. The van der Waals surface area contributed by atoms with E-state index in [0.717, 1.165) is 58.6 Å². The lowest BCUT2D eigenvalue weighted by Crippen LogP contribution is -2.40. The molecule has 8 heteroatoms. The lowest BCUT2D eigenvalue weighted by molar-refractivity contribution is -0.141. The number of piperidine rings is 1. The van der Waals surface area contributed by atoms with Crippen molar-refractivity contribution in [2.45, 2.75) is 69.5 Å². The first kappa shape index (κ1) is 23.6. The molecular formula is C31H31N5O2S. The molecule has 5 aliphatic rings. The minimum atomic E-state index is -0.0831. The van der Waals surface area contributed by atoms with Gasteiger partial charge in [0.05, 0.1) is 40.2 Å². The highest BCUT2D eigenvalue weighted by atomic mass is 32.1. The molecule has 2 unspecified atom stereocenters. The summed E-state index contributed by atoms with van der Waals surface area (Å²) in [5.74, 6) is -0.208. The van der Waals surface area contributed by atoms with Crippen LogP contribution in [0.25, 0.3) is 21.3 Å². The molecule has 0 radical (unpaired) electrons. The number of amides is 2. The zero-order valence-electron chi connectivity index (χ0n) is 21.9. The van der Waals surface area contributed by atoms with Crippen LogP contribution < -0.4 is 10.2 Å². The first-order valence-electron chi connectivity index (χ1n) is 14.4. The number of fused-ring (bicyclic) bond motifs is 3. The summed E-state index contributed by atoms with van der Waals surface area (Å²) in [5.41, 5.74) is 6.59. The van der Waals surface area contributed by atoms with Gasteiger partial charge in [0.1, 0.15) is 0 Å². The SMILES string of the molecule is N#Cc1cc2c(c(-c3ccnc4cc(CN5C(=O)C6CC6C5=O)sc34)c1)N([C@H]1CNC3(CCCC3)C1)CCC2. The summed E-state index contributed by atoms with van der Waals surface area (Å²) in [6.45, 7) is 2.36. The molecule has 1 spiro atoms. The van der Waals surface area contributed by atoms with Crippen molar-refractivity contribution in [3.8, 4) is 17.2 Å². The summed E-state index contributed by atoms with van der Waals surface area (Å²) in [6.07, 6.45) is 11.0. The zero-order chi connectivity index (χ0) is 26.3. The highest BCUT2D eigenvalue weighted by Gasteiger charge is 2.58. The number of anilines is 1. The molecule has 1 N–H and O–H groups in total. The molecular weight excluding hydrogens is 506 g/mol. The van der Waals surface area contributed by atoms with Crippen LogP contribution in [0, 0.1) is 23.2 Å². The summed E-state index contributed by atoms with van der Waals surface area (Å²) >= 11 is 1.62. The molecule has 4 fully saturated rings. The Labute approximate surface area is 231 Å². The van der Waals surface area contributed by atoms with Crippen molar-refractivity contribution in [2.75, 3.05) is 18.0 Å². The standard InChI is InChI=1S/C31H31N5O2S/c32-15-18-10-19-4-3-9-35(20-14-31(34-16-20)6-1-2-7-31)27(19)23(11-18)22-5-8-33-26-12-21(39-28(22)26)17-36-29(37)24-13-25(24)30(36)38/h5,8,10-12,20,24-25,34H,1-4,6-7,9,13-14,16-17H2/t20-,24?,25?/m1/s1. The normalized spacial score (nSPS) is 26.9. The van der Waals surface area contributed by atoms with Crippen LogP contribution >= 0.6 is 11.3 Å². The second-order valence-corrected chi connectivity index (χ2v) is 13.3. The molecule has 3 aliphatic heterocycles. The van der Waals surface area contributed by atoms with Crippen LogP contribution in [0.2, 0.25) is 0 Å². The van der Waals surface area contributed by atoms with Crippen molar-refractivity contribution < 1.29 is 9.59 Å². The van der Waals surface area contributed by atoms with Crippen molar-refractivity contribution >= 4 is 39.1 Å². The maximum atomic E-state index is 12.6. The van der Waals surface area contributed by atoms with E-state index < -0.39 is 0 Å². The second kappa shape index (κ2) is 8.61. The molecule has 5 heterocycles. The molecule has 2 aliphatic carbocycles. The number of nitriles is 1. The number of nitrogens with one attached hydrogen (secondary N) is 1. The monoisotopic (exact) mass is 537 g/mol. The molecule has 2 aromatic heterocycles. The van der Waals surface area contributed by atoms with Gasteiger partial charge >= 0.3 is 0 Å². The number of hydrogen-bond acceptors (Lipinski definition) is 7. The summed E-state index contributed by atoms with van der Waals surface area (Å²) < 4.78 is 1.05. The number of carbonyl (C=O) groups is 2. The Hall–Kier alpha value is -3.28. The number of likely N-dealkylation sites (tertiary alicyclic amines) is 1. The summed E-state index contributed by atoms with van der Waals surface area (Å²) in [5, 5.41) is 13.8. The van der Waals surface area contributed by atoms with E-state index in [1.54, 1.807) is 11.3 Å². The number of hydrogen-bond donors (Lipinski definition) is 1. The molecule has 39 heavy (non-hydrogen) atoms. The molecule has 7 nitrogen and oxygen atoms in total. The van der Waals surface area contributed by atoms with E-state index in [1.165, 1.54) is 48.3 Å². The predicted molar refractivity (Wildman–Crippen MR) is 150 cm³/mol. The van der Waals surface area contributed by atoms with Crippen LogP contribution in [0.15, 0.2) is 30.5 Å². The van der Waals surface area contributed by atoms with Gasteiger partial charge in [-0.15, -0.1) is 11.3 Å². The van der Waals surface area contributed by atoms with Crippen LogP contribution in [-0.2, 0) is 22.6 Å². The summed E-state index contributed by atoms with van der Waals surface area (Å²) in [4.78, 5) is 34.9. The van der Waals surface area contributed by atoms with Crippen molar-refractivity contribution in [3.05, 3.63) is 46.5 Å². The summed E-state index contributed by atoms with van der Waals surface area (Å²) in [7, 11) is 0. The minimum absolute atomic E-state index is 0.0210. The topological polar surface area (TPSA) is 89.3 Å². The molecule has 2 amide bonds. The average molecular weight is 538 g/mol. The molecule has 2 saturated heterocycles. The third-order valence-electron chi connectivity index (χ3n) is 9.81. The van der Waals surface area contributed by atoms with Gasteiger partial charge in [-0.05, 0) is 68.4 Å². The zero-order valence-corrected chi connectivity index (χ0v) is 22.7. The molecule has 3 aromatic rings. The second-order valence-electron chi connectivity index (χ2n) is 12.2. The molecule has 1 aromatic carbocycles. The maximum Gasteiger partial charge on any atom is 0.233 e. The number of nitrogens with zero attached hydrogens (tertiary/aromatic N) is 4. The van der Waals surface area contributed by atoms with Crippen molar-refractivity contribution in [3.63, 3.8) is 0 Å². The van der Waals surface area contributed by atoms with E-state index in [-0.39, 0.29) is 23.7 Å². The molecule has 8 rings (SSSR count). The van der Waals surface area contributed by atoms with Gasteiger partial charge in [-0.25, -0.2) is 0 Å². The maximum absolute atomic E-state index is 12.6. The molecule has 2 saturated carbocycles. The van der Waals surface area contributed by atoms with Crippen LogP contribution in [0.5, 0.6) is 0 Å². The van der Waals surface area contributed by atoms with E-state index in [0.29, 0.717) is 23.7 Å². The van der Waals surface area contributed by atoms with E-state index in [9.17, 15) is 14.9 Å². The Morgan fingerprint density at radius 2 is 1.92 bits per heavy atom. The number of aryl methyl sites for hydroxylation is 1. The van der Waals surface area contributed by atoms with Crippen LogP contribution in [0.4, 0.5) is 5.69 Å². The quantitative estimate of drug-likeness (QED) is 0.483. The van der Waals surface area contributed by atoms with Crippen LogP contribution in [0.3, 0.4) is 0 Å². The lowest BCUT2D eigenvalue weighted by atomic mass is 9.89. The van der Waals surface area contributed by atoms with Crippen molar-refractivity contribution in [1.82, 2.24) is 15.2 Å². The fourth-order valence-corrected chi connectivity index (χ4v) is 8.96. The Bertz CT molecular complexity index is 1560. The Morgan fingerprint density at radius 1 is 1.10 bits per heavy atom. The number of aromatic nitrogens is 1. The fourth-order valence-electron chi connectivity index (χ4n) is 7.83. The number of benzene rings is 1. The van der Waals surface area contributed by atoms with Crippen LogP contribution in [0.1, 0.15) is 60.9 Å². The Morgan fingerprint density at radius 3 is 2.72 bits per heavy atom. The highest BCUT2D eigenvalue weighted by Crippen LogP contribution is 2.49. The smallest absolute Gasteiger partial charge is 0.233 e. The first-order valence-corrected chi connectivity index (χ1v) is 15.2. The average Bonchev–Trinajstić information content (AvgIpc) is 3.23. The molecule has 198 valence electrons. The van der Waals surface area contributed by atoms with E-state index >= 15 is 0 Å². The number of rotatable bonds is 4. The Kier molecular flexibility index (Phi) is 5.21. The van der Waals surface area contributed by atoms with Gasteiger partial charge in [-0.3, -0.25) is 19.5 Å². The fraction of sp³-hybridized carbons (Fsp3) is 0.484. The third kappa shape index (κ3) is 3.66. The van der Waals surface area contributed by atoms with E-state index in [4.69, 9.17) is 0 Å².